The number of amides is 1. The zero-order chi connectivity index (χ0) is 29.5. The molecule has 1 fully saturated rings. The van der Waals surface area contributed by atoms with Crippen molar-refractivity contribution < 1.29 is 13.9 Å². The lowest BCUT2D eigenvalue weighted by Crippen LogP contribution is -2.55. The first-order valence-corrected chi connectivity index (χ1v) is 14.1. The van der Waals surface area contributed by atoms with Gasteiger partial charge in [-0.25, -0.2) is 19.2 Å². The number of aryl methyl sites for hydroxylation is 3. The molecule has 0 saturated carbocycles. The number of carbonyl (C=O) groups excluding carboxylic acids is 1. The van der Waals surface area contributed by atoms with Crippen molar-refractivity contribution in [3.8, 4) is 11.1 Å². The number of hydrogen-bond acceptors (Lipinski definition) is 6. The van der Waals surface area contributed by atoms with E-state index in [0.717, 1.165) is 27.7 Å². The number of carbonyl (C=O) groups is 1. The van der Waals surface area contributed by atoms with Crippen molar-refractivity contribution in [3.63, 3.8) is 0 Å². The van der Waals surface area contributed by atoms with Crippen LogP contribution in [-0.2, 0) is 11.8 Å². The third-order valence-electron chi connectivity index (χ3n) is 7.01. The van der Waals surface area contributed by atoms with Crippen molar-refractivity contribution in [1.82, 2.24) is 24.6 Å². The normalized spacial score (nSPS) is 15.8. The summed E-state index contributed by atoms with van der Waals surface area (Å²) in [5, 5.41) is 6.23. The Labute approximate surface area is 240 Å². The SMILES string of the molecule is CC.Cc1ccc2c(c(C)nn2C)c1-c1c(Cl)cc2c(N3CCN(C(=O)OC(C)(C)C)C(C)C3)ncnc2c1F. The van der Waals surface area contributed by atoms with Gasteiger partial charge in [-0.1, -0.05) is 31.5 Å². The summed E-state index contributed by atoms with van der Waals surface area (Å²) < 4.78 is 23.7. The van der Waals surface area contributed by atoms with Crippen molar-refractivity contribution in [2.24, 2.45) is 7.05 Å². The maximum atomic E-state index is 16.3. The molecule has 5 rings (SSSR count). The van der Waals surface area contributed by atoms with Crippen LogP contribution in [0.15, 0.2) is 24.5 Å². The Morgan fingerprint density at radius 1 is 1.12 bits per heavy atom. The Kier molecular flexibility index (Phi) is 8.26. The van der Waals surface area contributed by atoms with Gasteiger partial charge >= 0.3 is 6.09 Å². The second-order valence-corrected chi connectivity index (χ2v) is 11.4. The Hall–Kier alpha value is -3.46. The largest absolute Gasteiger partial charge is 0.444 e. The molecular formula is C30H38ClFN6O2. The molecule has 0 aliphatic carbocycles. The van der Waals surface area contributed by atoms with Gasteiger partial charge in [0.25, 0.3) is 0 Å². The molecule has 214 valence electrons. The third kappa shape index (κ3) is 5.31. The first-order valence-electron chi connectivity index (χ1n) is 13.7. The summed E-state index contributed by atoms with van der Waals surface area (Å²) in [7, 11) is 1.87. The van der Waals surface area contributed by atoms with Crippen LogP contribution < -0.4 is 4.90 Å². The number of fused-ring (bicyclic) bond motifs is 2. The van der Waals surface area contributed by atoms with E-state index in [1.807, 2.05) is 79.5 Å². The maximum Gasteiger partial charge on any atom is 0.410 e. The summed E-state index contributed by atoms with van der Waals surface area (Å²) >= 11 is 6.83. The highest BCUT2D eigenvalue weighted by Crippen LogP contribution is 2.42. The quantitative estimate of drug-likeness (QED) is 0.257. The van der Waals surface area contributed by atoms with E-state index in [-0.39, 0.29) is 22.7 Å². The van der Waals surface area contributed by atoms with Crippen LogP contribution in [0.4, 0.5) is 15.0 Å². The van der Waals surface area contributed by atoms with Gasteiger partial charge in [-0.2, -0.15) is 5.10 Å². The average molecular weight is 569 g/mol. The van der Waals surface area contributed by atoms with Crippen LogP contribution in [-0.4, -0.2) is 62.0 Å². The third-order valence-corrected chi connectivity index (χ3v) is 7.31. The minimum Gasteiger partial charge on any atom is -0.444 e. The van der Waals surface area contributed by atoms with Gasteiger partial charge in [0, 0.05) is 54.6 Å². The van der Waals surface area contributed by atoms with Gasteiger partial charge in [0.1, 0.15) is 23.3 Å². The predicted molar refractivity (Wildman–Crippen MR) is 160 cm³/mol. The smallest absolute Gasteiger partial charge is 0.410 e. The van der Waals surface area contributed by atoms with Crippen LogP contribution >= 0.6 is 11.6 Å². The Morgan fingerprint density at radius 3 is 2.48 bits per heavy atom. The van der Waals surface area contributed by atoms with E-state index in [0.29, 0.717) is 36.4 Å². The number of ether oxygens (including phenoxy) is 1. The molecule has 0 spiro atoms. The molecule has 2 aromatic carbocycles. The average Bonchev–Trinajstić information content (AvgIpc) is 3.17. The van der Waals surface area contributed by atoms with Crippen molar-refractivity contribution >= 4 is 45.3 Å². The first-order chi connectivity index (χ1) is 18.9. The van der Waals surface area contributed by atoms with E-state index in [2.05, 4.69) is 15.1 Å². The van der Waals surface area contributed by atoms with Gasteiger partial charge in [-0.3, -0.25) is 4.68 Å². The highest BCUT2D eigenvalue weighted by molar-refractivity contribution is 6.35. The van der Waals surface area contributed by atoms with Crippen molar-refractivity contribution in [1.29, 1.82) is 0 Å². The Balaban J connectivity index is 0.00000181. The van der Waals surface area contributed by atoms with Crippen LogP contribution in [0.1, 0.15) is 52.8 Å². The van der Waals surface area contributed by atoms with Gasteiger partial charge in [0.15, 0.2) is 5.82 Å². The topological polar surface area (TPSA) is 76.4 Å². The molecule has 0 bridgehead atoms. The van der Waals surface area contributed by atoms with Crippen LogP contribution in [0.2, 0.25) is 5.02 Å². The highest BCUT2D eigenvalue weighted by Gasteiger charge is 2.32. The standard InChI is InChI=1S/C28H32ClFN6O2.C2H6/c1-15-8-9-20-22(17(3)33-34(20)7)21(15)23-19(29)12-18-25(24(23)30)31-14-32-26(18)35-10-11-36(16(2)13-35)27(37)38-28(4,5)6;1-2/h8-9,12,14,16H,10-11,13H2,1-7H3;1-2H3. The molecule has 1 unspecified atom stereocenters. The number of halogens is 2. The molecule has 40 heavy (non-hydrogen) atoms. The van der Waals surface area contributed by atoms with Crippen LogP contribution in [0.25, 0.3) is 32.9 Å². The monoisotopic (exact) mass is 568 g/mol. The molecule has 3 heterocycles. The number of nitrogens with zero attached hydrogens (tertiary/aromatic N) is 6. The van der Waals surface area contributed by atoms with E-state index in [1.165, 1.54) is 6.33 Å². The molecule has 1 aliphatic rings. The summed E-state index contributed by atoms with van der Waals surface area (Å²) in [5.41, 5.74) is 3.27. The minimum absolute atomic E-state index is 0.128. The summed E-state index contributed by atoms with van der Waals surface area (Å²) in [4.78, 5) is 25.3. The van der Waals surface area contributed by atoms with Crippen LogP contribution in [0.3, 0.4) is 0 Å². The molecular weight excluding hydrogens is 531 g/mol. The van der Waals surface area contributed by atoms with Crippen LogP contribution in [0, 0.1) is 19.7 Å². The number of piperazine rings is 1. The van der Waals surface area contributed by atoms with E-state index in [9.17, 15) is 4.79 Å². The molecule has 1 atom stereocenters. The molecule has 1 amide bonds. The molecule has 0 N–H and O–H groups in total. The lowest BCUT2D eigenvalue weighted by atomic mass is 9.94. The zero-order valence-corrected chi connectivity index (χ0v) is 25.5. The molecule has 2 aromatic heterocycles. The molecule has 4 aromatic rings. The number of rotatable bonds is 2. The summed E-state index contributed by atoms with van der Waals surface area (Å²) in [6.07, 6.45) is 1.04. The summed E-state index contributed by atoms with van der Waals surface area (Å²) in [6, 6.07) is 5.56. The summed E-state index contributed by atoms with van der Waals surface area (Å²) in [5.74, 6) is 0.0981. The van der Waals surface area contributed by atoms with E-state index in [1.54, 1.807) is 15.6 Å². The van der Waals surface area contributed by atoms with E-state index < -0.39 is 11.4 Å². The fraction of sp³-hybridized carbons (Fsp3) is 0.467. The predicted octanol–water partition coefficient (Wildman–Crippen LogP) is 7.06. The second-order valence-electron chi connectivity index (χ2n) is 11.0. The number of benzene rings is 2. The van der Waals surface area contributed by atoms with E-state index in [4.69, 9.17) is 16.3 Å². The fourth-order valence-corrected chi connectivity index (χ4v) is 5.61. The van der Waals surface area contributed by atoms with Gasteiger partial charge in [-0.15, -0.1) is 0 Å². The van der Waals surface area contributed by atoms with Crippen LogP contribution in [0.5, 0.6) is 0 Å². The maximum absolute atomic E-state index is 16.3. The van der Waals surface area contributed by atoms with Crippen molar-refractivity contribution in [3.05, 3.63) is 46.6 Å². The summed E-state index contributed by atoms with van der Waals surface area (Å²) in [6.45, 7) is 16.9. The lowest BCUT2D eigenvalue weighted by Gasteiger charge is -2.40. The van der Waals surface area contributed by atoms with Gasteiger partial charge < -0.3 is 14.5 Å². The van der Waals surface area contributed by atoms with Gasteiger partial charge in [0.05, 0.1) is 16.2 Å². The van der Waals surface area contributed by atoms with Crippen molar-refractivity contribution in [2.45, 2.75) is 67.0 Å². The Morgan fingerprint density at radius 2 is 1.82 bits per heavy atom. The molecule has 0 radical (unpaired) electrons. The molecule has 10 heteroatoms. The zero-order valence-electron chi connectivity index (χ0n) is 24.8. The Bertz CT molecular complexity index is 1580. The molecule has 1 aliphatic heterocycles. The number of hydrogen-bond donors (Lipinski definition) is 0. The molecule has 8 nitrogen and oxygen atoms in total. The molecule has 1 saturated heterocycles. The van der Waals surface area contributed by atoms with Gasteiger partial charge in [-0.05, 0) is 59.2 Å². The van der Waals surface area contributed by atoms with E-state index >= 15 is 4.39 Å². The number of aromatic nitrogens is 4. The lowest BCUT2D eigenvalue weighted by molar-refractivity contribution is 0.0159. The first kappa shape index (κ1) is 29.5. The van der Waals surface area contributed by atoms with Crippen molar-refractivity contribution in [2.75, 3.05) is 24.5 Å². The minimum atomic E-state index is -0.570. The van der Waals surface area contributed by atoms with Gasteiger partial charge in [0.2, 0.25) is 0 Å². The number of anilines is 1. The second kappa shape index (κ2) is 11.2. The fourth-order valence-electron chi connectivity index (χ4n) is 5.32. The highest BCUT2D eigenvalue weighted by atomic mass is 35.5.